The third-order valence-electron chi connectivity index (χ3n) is 3.58. The highest BCUT2D eigenvalue weighted by Crippen LogP contribution is 2.30. The SMILES string of the molecule is CCOc1cc(/C=C/C(=O)c2cc(OC)ccc2OC)ccc1OC(F)F. The molecule has 0 fully saturated rings. The van der Waals surface area contributed by atoms with Gasteiger partial charge in [0.25, 0.3) is 0 Å². The van der Waals surface area contributed by atoms with Crippen LogP contribution in [0.5, 0.6) is 23.0 Å². The number of alkyl halides is 2. The average Bonchev–Trinajstić information content (AvgIpc) is 2.67. The zero-order chi connectivity index (χ0) is 19.8. The molecule has 0 spiro atoms. The van der Waals surface area contributed by atoms with Crippen LogP contribution in [0.4, 0.5) is 8.78 Å². The Morgan fingerprint density at radius 3 is 2.41 bits per heavy atom. The number of methoxy groups -OCH3 is 2. The van der Waals surface area contributed by atoms with Gasteiger partial charge in [0.2, 0.25) is 0 Å². The van der Waals surface area contributed by atoms with Crippen LogP contribution < -0.4 is 18.9 Å². The highest BCUT2D eigenvalue weighted by molar-refractivity contribution is 6.08. The van der Waals surface area contributed by atoms with Crippen molar-refractivity contribution in [2.45, 2.75) is 13.5 Å². The molecule has 5 nitrogen and oxygen atoms in total. The third-order valence-corrected chi connectivity index (χ3v) is 3.58. The molecule has 0 aliphatic rings. The lowest BCUT2D eigenvalue weighted by Gasteiger charge is -2.11. The van der Waals surface area contributed by atoms with Crippen molar-refractivity contribution < 1.29 is 32.5 Å². The first-order valence-electron chi connectivity index (χ1n) is 8.14. The Hall–Kier alpha value is -3.09. The number of carbonyl (C=O) groups excluding carboxylic acids is 1. The van der Waals surface area contributed by atoms with E-state index in [9.17, 15) is 13.6 Å². The van der Waals surface area contributed by atoms with Crippen molar-refractivity contribution in [2.75, 3.05) is 20.8 Å². The number of allylic oxidation sites excluding steroid dienone is 1. The second-order valence-electron chi connectivity index (χ2n) is 5.28. The number of hydrogen-bond donors (Lipinski definition) is 0. The highest BCUT2D eigenvalue weighted by Gasteiger charge is 2.13. The molecule has 2 rings (SSSR count). The monoisotopic (exact) mass is 378 g/mol. The Kier molecular flexibility index (Phi) is 7.16. The van der Waals surface area contributed by atoms with E-state index >= 15 is 0 Å². The number of ketones is 1. The van der Waals surface area contributed by atoms with Crippen LogP contribution in [0.25, 0.3) is 6.08 Å². The van der Waals surface area contributed by atoms with Crippen molar-refractivity contribution in [1.29, 1.82) is 0 Å². The minimum atomic E-state index is -2.95. The molecule has 2 aromatic carbocycles. The van der Waals surface area contributed by atoms with Gasteiger partial charge < -0.3 is 18.9 Å². The Bertz CT molecular complexity index is 818. The zero-order valence-corrected chi connectivity index (χ0v) is 15.2. The quantitative estimate of drug-likeness (QED) is 0.472. The first-order valence-corrected chi connectivity index (χ1v) is 8.14. The smallest absolute Gasteiger partial charge is 0.387 e. The molecule has 2 aromatic rings. The average molecular weight is 378 g/mol. The predicted octanol–water partition coefficient (Wildman–Crippen LogP) is 4.60. The maximum atomic E-state index is 12.5. The van der Waals surface area contributed by atoms with E-state index in [0.717, 1.165) is 0 Å². The van der Waals surface area contributed by atoms with E-state index in [2.05, 4.69) is 4.74 Å². The van der Waals surface area contributed by atoms with Gasteiger partial charge in [0.1, 0.15) is 11.5 Å². The van der Waals surface area contributed by atoms with Crippen molar-refractivity contribution >= 4 is 11.9 Å². The molecule has 27 heavy (non-hydrogen) atoms. The van der Waals surface area contributed by atoms with E-state index in [4.69, 9.17) is 14.2 Å². The minimum absolute atomic E-state index is 0.0650. The van der Waals surface area contributed by atoms with Gasteiger partial charge in [-0.1, -0.05) is 12.1 Å². The summed E-state index contributed by atoms with van der Waals surface area (Å²) in [5.74, 6) is 0.758. The first kappa shape index (κ1) is 20.2. The summed E-state index contributed by atoms with van der Waals surface area (Å²) in [6.07, 6.45) is 2.91. The topological polar surface area (TPSA) is 54.0 Å². The lowest BCUT2D eigenvalue weighted by Crippen LogP contribution is -2.04. The molecule has 0 saturated heterocycles. The molecule has 0 aliphatic heterocycles. The standard InChI is InChI=1S/C20H20F2O5/c1-4-26-19-11-13(6-9-18(19)27-20(21)22)5-8-16(23)15-12-14(24-2)7-10-17(15)25-3/h5-12,20H,4H2,1-3H3/b8-5+. The van der Waals surface area contributed by atoms with Crippen molar-refractivity contribution in [1.82, 2.24) is 0 Å². The second-order valence-corrected chi connectivity index (χ2v) is 5.28. The van der Waals surface area contributed by atoms with E-state index in [1.807, 2.05) is 0 Å². The van der Waals surface area contributed by atoms with Crippen LogP contribution in [0.3, 0.4) is 0 Å². The Morgan fingerprint density at radius 2 is 1.78 bits per heavy atom. The summed E-state index contributed by atoms with van der Waals surface area (Å²) >= 11 is 0. The van der Waals surface area contributed by atoms with Crippen molar-refractivity contribution in [3.63, 3.8) is 0 Å². The number of hydrogen-bond acceptors (Lipinski definition) is 5. The molecule has 0 aliphatic carbocycles. The lowest BCUT2D eigenvalue weighted by molar-refractivity contribution is -0.0514. The third kappa shape index (κ3) is 5.44. The van der Waals surface area contributed by atoms with E-state index in [1.54, 1.807) is 37.3 Å². The van der Waals surface area contributed by atoms with Gasteiger partial charge in [-0.3, -0.25) is 4.79 Å². The van der Waals surface area contributed by atoms with Crippen LogP contribution in [0.15, 0.2) is 42.5 Å². The summed E-state index contributed by atoms with van der Waals surface area (Å²) in [6.45, 7) is -0.937. The van der Waals surface area contributed by atoms with Gasteiger partial charge in [-0.05, 0) is 48.9 Å². The predicted molar refractivity (Wildman–Crippen MR) is 97.2 cm³/mol. The van der Waals surface area contributed by atoms with Gasteiger partial charge >= 0.3 is 6.61 Å². The van der Waals surface area contributed by atoms with Gasteiger partial charge in [0, 0.05) is 0 Å². The molecule has 7 heteroatoms. The zero-order valence-electron chi connectivity index (χ0n) is 15.2. The summed E-state index contributed by atoms with van der Waals surface area (Å²) in [5, 5.41) is 0. The normalized spacial score (nSPS) is 10.9. The Balaban J connectivity index is 2.26. The van der Waals surface area contributed by atoms with Crippen LogP contribution in [-0.2, 0) is 0 Å². The molecule has 0 heterocycles. The van der Waals surface area contributed by atoms with Gasteiger partial charge in [-0.25, -0.2) is 0 Å². The Labute approximate surface area is 156 Å². The first-order chi connectivity index (χ1) is 13.0. The van der Waals surface area contributed by atoms with E-state index < -0.39 is 6.61 Å². The van der Waals surface area contributed by atoms with Gasteiger partial charge in [0.15, 0.2) is 17.3 Å². The highest BCUT2D eigenvalue weighted by atomic mass is 19.3. The van der Waals surface area contributed by atoms with Gasteiger partial charge in [-0.2, -0.15) is 8.78 Å². The maximum Gasteiger partial charge on any atom is 0.387 e. The maximum absolute atomic E-state index is 12.5. The molecule has 0 unspecified atom stereocenters. The Morgan fingerprint density at radius 1 is 1.04 bits per heavy atom. The summed E-state index contributed by atoms with van der Waals surface area (Å²) in [7, 11) is 2.97. The van der Waals surface area contributed by atoms with Crippen LogP contribution in [0.2, 0.25) is 0 Å². The molecule has 0 amide bonds. The van der Waals surface area contributed by atoms with Gasteiger partial charge in [-0.15, -0.1) is 0 Å². The summed E-state index contributed by atoms with van der Waals surface area (Å²) in [4.78, 5) is 12.5. The van der Waals surface area contributed by atoms with E-state index in [1.165, 1.54) is 32.4 Å². The van der Waals surface area contributed by atoms with Crippen molar-refractivity contribution in [3.8, 4) is 23.0 Å². The van der Waals surface area contributed by atoms with Crippen LogP contribution in [0, 0.1) is 0 Å². The van der Waals surface area contributed by atoms with Gasteiger partial charge in [0.05, 0.1) is 26.4 Å². The second kappa shape index (κ2) is 9.56. The van der Waals surface area contributed by atoms with Crippen molar-refractivity contribution in [3.05, 3.63) is 53.6 Å². The summed E-state index contributed by atoms with van der Waals surface area (Å²) < 4.78 is 45.0. The largest absolute Gasteiger partial charge is 0.497 e. The number of ether oxygens (including phenoxy) is 4. The molecule has 0 atom stereocenters. The van der Waals surface area contributed by atoms with Crippen LogP contribution in [0.1, 0.15) is 22.8 Å². The molecule has 0 saturated carbocycles. The molecular formula is C20H20F2O5. The molecular weight excluding hydrogens is 358 g/mol. The molecule has 0 aromatic heterocycles. The van der Waals surface area contributed by atoms with Crippen molar-refractivity contribution in [2.24, 2.45) is 0 Å². The summed E-state index contributed by atoms with van der Waals surface area (Å²) in [6, 6.07) is 9.35. The number of rotatable bonds is 9. The van der Waals surface area contributed by atoms with E-state index in [0.29, 0.717) is 22.6 Å². The minimum Gasteiger partial charge on any atom is -0.497 e. The van der Waals surface area contributed by atoms with E-state index in [-0.39, 0.29) is 23.9 Å². The molecule has 144 valence electrons. The van der Waals surface area contributed by atoms with Crippen LogP contribution >= 0.6 is 0 Å². The number of carbonyl (C=O) groups is 1. The fourth-order valence-corrected chi connectivity index (χ4v) is 2.36. The summed E-state index contributed by atoms with van der Waals surface area (Å²) in [5.41, 5.74) is 0.936. The molecule has 0 bridgehead atoms. The number of benzene rings is 2. The lowest BCUT2D eigenvalue weighted by atomic mass is 10.1. The van der Waals surface area contributed by atoms with Crippen LogP contribution in [-0.4, -0.2) is 33.2 Å². The molecule has 0 N–H and O–H groups in total. The molecule has 0 radical (unpaired) electrons. The fourth-order valence-electron chi connectivity index (χ4n) is 2.36. The fraction of sp³-hybridized carbons (Fsp3) is 0.250. The number of halogens is 2.